The van der Waals surface area contributed by atoms with Crippen molar-refractivity contribution >= 4 is 11.5 Å². The Morgan fingerprint density at radius 1 is 1.45 bits per heavy atom. The molecule has 0 aliphatic heterocycles. The Morgan fingerprint density at radius 2 is 2.00 bits per heavy atom. The molecule has 0 bridgehead atoms. The number of nitro groups is 1. The fourth-order valence-corrected chi connectivity index (χ4v) is 2.06. The van der Waals surface area contributed by atoms with Crippen LogP contribution >= 0.6 is 0 Å². The van der Waals surface area contributed by atoms with Gasteiger partial charge < -0.3 is 11.1 Å². The lowest BCUT2D eigenvalue weighted by Gasteiger charge is -2.27. The van der Waals surface area contributed by atoms with E-state index < -0.39 is 0 Å². The predicted molar refractivity (Wildman–Crippen MR) is 79.9 cm³/mol. The van der Waals surface area contributed by atoms with Gasteiger partial charge >= 0.3 is 5.69 Å². The van der Waals surface area contributed by atoms with Crippen molar-refractivity contribution in [1.29, 1.82) is 0 Å². The van der Waals surface area contributed by atoms with Crippen molar-refractivity contribution in [3.05, 3.63) is 15.8 Å². The molecule has 0 fully saturated rings. The van der Waals surface area contributed by atoms with Gasteiger partial charge in [-0.3, -0.25) is 10.1 Å². The third-order valence-electron chi connectivity index (χ3n) is 3.79. The van der Waals surface area contributed by atoms with Crippen molar-refractivity contribution < 1.29 is 4.92 Å². The molecule has 0 atom stereocenters. The molecule has 1 aromatic rings. The molecule has 20 heavy (non-hydrogen) atoms. The van der Waals surface area contributed by atoms with Gasteiger partial charge in [0.2, 0.25) is 5.82 Å². The minimum atomic E-state index is -0.374. The molecule has 7 nitrogen and oxygen atoms in total. The van der Waals surface area contributed by atoms with Crippen molar-refractivity contribution in [2.45, 2.75) is 52.0 Å². The van der Waals surface area contributed by atoms with Crippen LogP contribution in [0.3, 0.4) is 0 Å². The highest BCUT2D eigenvalue weighted by atomic mass is 16.6. The summed E-state index contributed by atoms with van der Waals surface area (Å²) in [6, 6.07) is 0. The highest BCUT2D eigenvalue weighted by Gasteiger charge is 2.30. The highest BCUT2D eigenvalue weighted by molar-refractivity contribution is 5.60. The zero-order valence-electron chi connectivity index (χ0n) is 12.9. The van der Waals surface area contributed by atoms with Gasteiger partial charge in [0.1, 0.15) is 5.69 Å². The fraction of sp³-hybridized carbons (Fsp3) is 0.769. The molecule has 7 heteroatoms. The van der Waals surface area contributed by atoms with Gasteiger partial charge in [-0.25, -0.2) is 4.68 Å². The Kier molecular flexibility index (Phi) is 5.10. The minimum Gasteiger partial charge on any atom is -0.363 e. The SMILES string of the molecule is CCC(N)(CC)CNc1c([N+](=O)[O-])c(C(C)C)nn1C. The summed E-state index contributed by atoms with van der Waals surface area (Å²) in [6.45, 7) is 8.30. The molecule has 0 amide bonds. The maximum absolute atomic E-state index is 11.3. The Balaban J connectivity index is 3.09. The number of aromatic nitrogens is 2. The molecular formula is C13H25N5O2. The zero-order valence-corrected chi connectivity index (χ0v) is 12.9. The standard InChI is InChI=1S/C13H25N5O2/c1-6-13(14,7-2)8-15-12-11(18(19)20)10(9(3)4)16-17(12)5/h9,15H,6-8,14H2,1-5H3. The molecule has 114 valence electrons. The van der Waals surface area contributed by atoms with Gasteiger partial charge in [-0.05, 0) is 12.8 Å². The normalized spacial score (nSPS) is 11.9. The smallest absolute Gasteiger partial charge is 0.334 e. The van der Waals surface area contributed by atoms with Crippen molar-refractivity contribution in [3.63, 3.8) is 0 Å². The van der Waals surface area contributed by atoms with Gasteiger partial charge in [-0.2, -0.15) is 5.10 Å². The lowest BCUT2D eigenvalue weighted by Crippen LogP contribution is -2.45. The number of hydrogen-bond donors (Lipinski definition) is 2. The van der Waals surface area contributed by atoms with E-state index in [1.165, 1.54) is 4.68 Å². The number of hydrogen-bond acceptors (Lipinski definition) is 5. The molecule has 0 unspecified atom stereocenters. The predicted octanol–water partition coefficient (Wildman–Crippen LogP) is 2.38. The topological polar surface area (TPSA) is 99.0 Å². The molecule has 1 rings (SSSR count). The summed E-state index contributed by atoms with van der Waals surface area (Å²) in [5, 5.41) is 18.7. The molecule has 0 radical (unpaired) electrons. The second kappa shape index (κ2) is 6.21. The van der Waals surface area contributed by atoms with Crippen LogP contribution in [0.4, 0.5) is 11.5 Å². The first-order chi connectivity index (χ1) is 9.25. The van der Waals surface area contributed by atoms with E-state index in [9.17, 15) is 10.1 Å². The molecule has 1 heterocycles. The first-order valence-electron chi connectivity index (χ1n) is 6.99. The zero-order chi connectivity index (χ0) is 15.5. The van der Waals surface area contributed by atoms with E-state index in [2.05, 4.69) is 10.4 Å². The van der Waals surface area contributed by atoms with Crippen LogP contribution in [0.15, 0.2) is 0 Å². The molecule has 0 aromatic carbocycles. The molecule has 0 aliphatic carbocycles. The van der Waals surface area contributed by atoms with Gasteiger partial charge in [-0.15, -0.1) is 0 Å². The molecule has 0 spiro atoms. The van der Waals surface area contributed by atoms with Crippen LogP contribution in [-0.4, -0.2) is 26.8 Å². The fourth-order valence-electron chi connectivity index (χ4n) is 2.06. The summed E-state index contributed by atoms with van der Waals surface area (Å²) >= 11 is 0. The Hall–Kier alpha value is -1.63. The van der Waals surface area contributed by atoms with Crippen molar-refractivity contribution in [1.82, 2.24) is 9.78 Å². The average molecular weight is 283 g/mol. The summed E-state index contributed by atoms with van der Waals surface area (Å²) in [5.74, 6) is 0.424. The Labute approximate surface area is 119 Å². The molecule has 3 N–H and O–H groups in total. The number of aryl methyl sites for hydroxylation is 1. The monoisotopic (exact) mass is 283 g/mol. The largest absolute Gasteiger partial charge is 0.363 e. The number of nitrogens with two attached hydrogens (primary N) is 1. The van der Waals surface area contributed by atoms with Gasteiger partial charge in [0.25, 0.3) is 0 Å². The first kappa shape index (κ1) is 16.4. The maximum Gasteiger partial charge on any atom is 0.334 e. The number of nitrogens with zero attached hydrogens (tertiary/aromatic N) is 3. The maximum atomic E-state index is 11.3. The lowest BCUT2D eigenvalue weighted by atomic mass is 9.94. The van der Waals surface area contributed by atoms with E-state index in [-0.39, 0.29) is 22.1 Å². The van der Waals surface area contributed by atoms with Crippen LogP contribution in [0.5, 0.6) is 0 Å². The quantitative estimate of drug-likeness (QED) is 0.591. The van der Waals surface area contributed by atoms with Crippen LogP contribution in [-0.2, 0) is 7.05 Å². The van der Waals surface area contributed by atoms with Crippen molar-refractivity contribution in [2.75, 3.05) is 11.9 Å². The van der Waals surface area contributed by atoms with Crippen LogP contribution in [0.2, 0.25) is 0 Å². The van der Waals surface area contributed by atoms with Crippen LogP contribution in [0.1, 0.15) is 52.1 Å². The first-order valence-corrected chi connectivity index (χ1v) is 6.99. The highest BCUT2D eigenvalue weighted by Crippen LogP contribution is 2.33. The Morgan fingerprint density at radius 3 is 2.40 bits per heavy atom. The van der Waals surface area contributed by atoms with Crippen molar-refractivity contribution in [2.24, 2.45) is 12.8 Å². The van der Waals surface area contributed by atoms with E-state index in [4.69, 9.17) is 5.73 Å². The third kappa shape index (κ3) is 3.27. The van der Waals surface area contributed by atoms with E-state index in [0.717, 1.165) is 12.8 Å². The lowest BCUT2D eigenvalue weighted by molar-refractivity contribution is -0.384. The summed E-state index contributed by atoms with van der Waals surface area (Å²) < 4.78 is 1.53. The second-order valence-corrected chi connectivity index (χ2v) is 5.54. The van der Waals surface area contributed by atoms with Crippen LogP contribution in [0.25, 0.3) is 0 Å². The van der Waals surface area contributed by atoms with Crippen LogP contribution < -0.4 is 11.1 Å². The van der Waals surface area contributed by atoms with Crippen molar-refractivity contribution in [3.8, 4) is 0 Å². The van der Waals surface area contributed by atoms with E-state index in [1.54, 1.807) is 7.05 Å². The summed E-state index contributed by atoms with van der Waals surface area (Å²) in [7, 11) is 1.71. The van der Waals surface area contributed by atoms with Crippen LogP contribution in [0, 0.1) is 10.1 Å². The summed E-state index contributed by atoms with van der Waals surface area (Å²) in [6.07, 6.45) is 1.61. The third-order valence-corrected chi connectivity index (χ3v) is 3.79. The van der Waals surface area contributed by atoms with Gasteiger partial charge in [0.05, 0.1) is 4.92 Å². The molecule has 0 saturated carbocycles. The average Bonchev–Trinajstić information content (AvgIpc) is 2.73. The number of nitrogens with one attached hydrogen (secondary N) is 1. The number of anilines is 1. The Bertz CT molecular complexity index is 477. The van der Waals surface area contributed by atoms with E-state index >= 15 is 0 Å². The van der Waals surface area contributed by atoms with Gasteiger partial charge in [0, 0.05) is 25.0 Å². The molecular weight excluding hydrogens is 258 g/mol. The van der Waals surface area contributed by atoms with Gasteiger partial charge in [0.15, 0.2) is 0 Å². The van der Waals surface area contributed by atoms with Gasteiger partial charge in [-0.1, -0.05) is 27.7 Å². The van der Waals surface area contributed by atoms with E-state index in [1.807, 2.05) is 27.7 Å². The second-order valence-electron chi connectivity index (χ2n) is 5.54. The van der Waals surface area contributed by atoms with E-state index in [0.29, 0.717) is 18.1 Å². The summed E-state index contributed by atoms with van der Waals surface area (Å²) in [4.78, 5) is 10.9. The molecule has 0 saturated heterocycles. The summed E-state index contributed by atoms with van der Waals surface area (Å²) in [5.41, 5.74) is 6.41. The molecule has 1 aromatic heterocycles. The number of rotatable bonds is 7. The minimum absolute atomic E-state index is 0.00265. The molecule has 0 aliphatic rings.